The smallest absolute Gasteiger partial charge is 0.237 e. The molecule has 1 amide bonds. The average molecular weight is 250 g/mol. The number of rotatable bonds is 6. The molecule has 2 atom stereocenters. The summed E-state index contributed by atoms with van der Waals surface area (Å²) >= 11 is 0. The van der Waals surface area contributed by atoms with Gasteiger partial charge in [0.25, 0.3) is 0 Å². The van der Waals surface area contributed by atoms with Crippen molar-refractivity contribution in [3.63, 3.8) is 0 Å². The van der Waals surface area contributed by atoms with E-state index in [0.717, 1.165) is 17.7 Å². The number of carbonyl (C=O) groups excluding carboxylic acids is 1. The lowest BCUT2D eigenvalue weighted by Gasteiger charge is -2.20. The zero-order chi connectivity index (χ0) is 13.5. The fourth-order valence-corrected chi connectivity index (χ4v) is 1.72. The topological polar surface area (TPSA) is 64.4 Å². The van der Waals surface area contributed by atoms with E-state index in [1.807, 2.05) is 38.1 Å². The van der Waals surface area contributed by atoms with Gasteiger partial charge in [0, 0.05) is 0 Å². The van der Waals surface area contributed by atoms with Gasteiger partial charge in [0.2, 0.25) is 5.91 Å². The van der Waals surface area contributed by atoms with Crippen molar-refractivity contribution in [3.05, 3.63) is 29.8 Å². The maximum absolute atomic E-state index is 11.8. The Hall–Kier alpha value is -1.55. The van der Waals surface area contributed by atoms with E-state index < -0.39 is 6.04 Å². The van der Waals surface area contributed by atoms with Gasteiger partial charge in [-0.15, -0.1) is 0 Å². The summed E-state index contributed by atoms with van der Waals surface area (Å²) in [4.78, 5) is 11.8. The molecule has 0 spiro atoms. The number of nitrogens with one attached hydrogen (secondary N) is 1. The van der Waals surface area contributed by atoms with E-state index in [1.165, 1.54) is 0 Å². The molecule has 1 aromatic carbocycles. The standard InChI is InChI=1S/C14H22N2O2/c1-4-12(15)14(17)16-13(5-2)10-6-8-11(18-3)9-7-10/h6-9,12-13H,4-5,15H2,1-3H3,(H,16,17)/t12-,13?/m0/s1. The van der Waals surface area contributed by atoms with E-state index in [-0.39, 0.29) is 11.9 Å². The summed E-state index contributed by atoms with van der Waals surface area (Å²) in [7, 11) is 1.63. The van der Waals surface area contributed by atoms with Crippen LogP contribution in [0.25, 0.3) is 0 Å². The van der Waals surface area contributed by atoms with Gasteiger partial charge in [-0.25, -0.2) is 0 Å². The predicted octanol–water partition coefficient (Wildman–Crippen LogP) is 2.00. The van der Waals surface area contributed by atoms with E-state index in [9.17, 15) is 4.79 Å². The SMILES string of the molecule is CCC(NC(=O)[C@@H](N)CC)c1ccc(OC)cc1. The van der Waals surface area contributed by atoms with Gasteiger partial charge in [0.1, 0.15) is 5.75 Å². The molecule has 1 rings (SSSR count). The zero-order valence-electron chi connectivity index (χ0n) is 11.3. The van der Waals surface area contributed by atoms with Gasteiger partial charge >= 0.3 is 0 Å². The third kappa shape index (κ3) is 3.74. The Labute approximate surface area is 109 Å². The second-order valence-electron chi connectivity index (χ2n) is 4.26. The summed E-state index contributed by atoms with van der Waals surface area (Å²) in [6.45, 7) is 3.94. The summed E-state index contributed by atoms with van der Waals surface area (Å²) < 4.78 is 5.11. The minimum atomic E-state index is -0.433. The van der Waals surface area contributed by atoms with Crippen LogP contribution >= 0.6 is 0 Å². The van der Waals surface area contributed by atoms with Crippen molar-refractivity contribution in [2.75, 3.05) is 7.11 Å². The Morgan fingerprint density at radius 1 is 1.28 bits per heavy atom. The molecule has 1 aromatic rings. The van der Waals surface area contributed by atoms with Crippen LogP contribution in [-0.4, -0.2) is 19.1 Å². The fraction of sp³-hybridized carbons (Fsp3) is 0.500. The zero-order valence-corrected chi connectivity index (χ0v) is 11.3. The normalized spacial score (nSPS) is 13.8. The Kier molecular flexibility index (Phi) is 5.65. The number of amides is 1. The van der Waals surface area contributed by atoms with E-state index in [2.05, 4.69) is 5.32 Å². The highest BCUT2D eigenvalue weighted by Gasteiger charge is 2.16. The molecule has 18 heavy (non-hydrogen) atoms. The Morgan fingerprint density at radius 2 is 1.89 bits per heavy atom. The van der Waals surface area contributed by atoms with E-state index in [1.54, 1.807) is 7.11 Å². The van der Waals surface area contributed by atoms with Crippen molar-refractivity contribution in [1.29, 1.82) is 0 Å². The maximum atomic E-state index is 11.8. The second kappa shape index (κ2) is 7.01. The van der Waals surface area contributed by atoms with Crippen LogP contribution in [0, 0.1) is 0 Å². The van der Waals surface area contributed by atoms with Crippen LogP contribution in [0.3, 0.4) is 0 Å². The maximum Gasteiger partial charge on any atom is 0.237 e. The van der Waals surface area contributed by atoms with Gasteiger partial charge in [-0.1, -0.05) is 26.0 Å². The van der Waals surface area contributed by atoms with Gasteiger partial charge in [-0.05, 0) is 30.5 Å². The number of ether oxygens (including phenoxy) is 1. The van der Waals surface area contributed by atoms with E-state index >= 15 is 0 Å². The third-order valence-electron chi connectivity index (χ3n) is 3.02. The molecule has 0 fully saturated rings. The van der Waals surface area contributed by atoms with Crippen LogP contribution in [0.1, 0.15) is 38.3 Å². The summed E-state index contributed by atoms with van der Waals surface area (Å²) in [6, 6.07) is 7.28. The first-order valence-electron chi connectivity index (χ1n) is 6.32. The molecule has 0 aromatic heterocycles. The van der Waals surface area contributed by atoms with Crippen LogP contribution in [0.5, 0.6) is 5.75 Å². The van der Waals surface area contributed by atoms with Gasteiger partial charge < -0.3 is 15.8 Å². The molecule has 1 unspecified atom stereocenters. The lowest BCUT2D eigenvalue weighted by Crippen LogP contribution is -2.41. The third-order valence-corrected chi connectivity index (χ3v) is 3.02. The van der Waals surface area contributed by atoms with Crippen molar-refractivity contribution >= 4 is 5.91 Å². The highest BCUT2D eigenvalue weighted by atomic mass is 16.5. The molecule has 100 valence electrons. The predicted molar refractivity (Wildman–Crippen MR) is 72.4 cm³/mol. The van der Waals surface area contributed by atoms with Gasteiger partial charge in [0.15, 0.2) is 0 Å². The molecule has 4 heteroatoms. The Bertz CT molecular complexity index is 376. The van der Waals surface area contributed by atoms with Crippen LogP contribution in [0.2, 0.25) is 0 Å². The lowest BCUT2D eigenvalue weighted by atomic mass is 10.0. The van der Waals surface area contributed by atoms with E-state index in [4.69, 9.17) is 10.5 Å². The number of hydrogen-bond donors (Lipinski definition) is 2. The largest absolute Gasteiger partial charge is 0.497 e. The summed E-state index contributed by atoms with van der Waals surface area (Å²) in [5.74, 6) is 0.713. The molecule has 0 heterocycles. The van der Waals surface area contributed by atoms with Gasteiger partial charge in [-0.3, -0.25) is 4.79 Å². The number of hydrogen-bond acceptors (Lipinski definition) is 3. The molecule has 0 saturated heterocycles. The molecule has 0 bridgehead atoms. The first kappa shape index (κ1) is 14.5. The number of benzene rings is 1. The van der Waals surface area contributed by atoms with Gasteiger partial charge in [-0.2, -0.15) is 0 Å². The molecule has 0 aliphatic rings. The molecule has 4 nitrogen and oxygen atoms in total. The van der Waals surface area contributed by atoms with Crippen LogP contribution in [-0.2, 0) is 4.79 Å². The van der Waals surface area contributed by atoms with Crippen molar-refractivity contribution in [2.45, 2.75) is 38.8 Å². The molecular weight excluding hydrogens is 228 g/mol. The number of nitrogens with two attached hydrogens (primary N) is 1. The summed E-state index contributed by atoms with van der Waals surface area (Å²) in [5, 5.41) is 2.97. The monoisotopic (exact) mass is 250 g/mol. The Morgan fingerprint density at radius 3 is 2.33 bits per heavy atom. The number of methoxy groups -OCH3 is 1. The second-order valence-corrected chi connectivity index (χ2v) is 4.26. The highest BCUT2D eigenvalue weighted by molar-refractivity contribution is 5.81. The number of carbonyl (C=O) groups is 1. The van der Waals surface area contributed by atoms with Crippen LogP contribution in [0.15, 0.2) is 24.3 Å². The molecule has 3 N–H and O–H groups in total. The first-order chi connectivity index (χ1) is 8.62. The minimum absolute atomic E-state index is 0.000932. The molecule has 0 radical (unpaired) electrons. The summed E-state index contributed by atoms with van der Waals surface area (Å²) in [6.07, 6.45) is 1.47. The van der Waals surface area contributed by atoms with Gasteiger partial charge in [0.05, 0.1) is 19.2 Å². The van der Waals surface area contributed by atoms with Crippen molar-refractivity contribution < 1.29 is 9.53 Å². The quantitative estimate of drug-likeness (QED) is 0.811. The van der Waals surface area contributed by atoms with Crippen molar-refractivity contribution in [2.24, 2.45) is 5.73 Å². The first-order valence-corrected chi connectivity index (χ1v) is 6.32. The van der Waals surface area contributed by atoms with E-state index in [0.29, 0.717) is 6.42 Å². The molecule has 0 aliphatic carbocycles. The molecule has 0 aliphatic heterocycles. The Balaban J connectivity index is 2.73. The minimum Gasteiger partial charge on any atom is -0.497 e. The molecule has 0 saturated carbocycles. The van der Waals surface area contributed by atoms with Crippen LogP contribution in [0.4, 0.5) is 0 Å². The summed E-state index contributed by atoms with van der Waals surface area (Å²) in [5.41, 5.74) is 6.78. The highest BCUT2D eigenvalue weighted by Crippen LogP contribution is 2.20. The average Bonchev–Trinajstić information content (AvgIpc) is 2.43. The van der Waals surface area contributed by atoms with Crippen molar-refractivity contribution in [1.82, 2.24) is 5.32 Å². The van der Waals surface area contributed by atoms with Crippen molar-refractivity contribution in [3.8, 4) is 5.75 Å². The van der Waals surface area contributed by atoms with Crippen LogP contribution < -0.4 is 15.8 Å². The molecular formula is C14H22N2O2. The fourth-order valence-electron chi connectivity index (χ4n) is 1.72. The lowest BCUT2D eigenvalue weighted by molar-refractivity contribution is -0.123.